The van der Waals surface area contributed by atoms with Crippen molar-refractivity contribution in [1.82, 2.24) is 0 Å². The fraction of sp³-hybridized carbons (Fsp3) is 0.632. The van der Waals surface area contributed by atoms with Gasteiger partial charge in [0, 0.05) is 0 Å². The molecule has 2 fully saturated rings. The summed E-state index contributed by atoms with van der Waals surface area (Å²) in [7, 11) is 0. The summed E-state index contributed by atoms with van der Waals surface area (Å²) in [4.78, 5) is 10.3. The van der Waals surface area contributed by atoms with Gasteiger partial charge in [-0.2, -0.15) is 0 Å². The Labute approximate surface area is 139 Å². The minimum absolute atomic E-state index is 0.301. The van der Waals surface area contributed by atoms with Gasteiger partial charge in [0.1, 0.15) is 5.56 Å². The van der Waals surface area contributed by atoms with Gasteiger partial charge in [0.25, 0.3) is 0 Å². The Bertz CT molecular complexity index is 414. The smallest absolute Gasteiger partial charge is 0.339 e. The zero-order valence-corrected chi connectivity index (χ0v) is 14.0. The highest BCUT2D eigenvalue weighted by Gasteiger charge is 2.11. The molecule has 23 heavy (non-hydrogen) atoms. The second-order valence-electron chi connectivity index (χ2n) is 6.22. The van der Waals surface area contributed by atoms with Crippen LogP contribution in [-0.4, -0.2) is 21.3 Å². The minimum Gasteiger partial charge on any atom is -0.504 e. The molecule has 0 heterocycles. The van der Waals surface area contributed by atoms with Crippen LogP contribution in [-0.2, 0) is 0 Å². The first kappa shape index (κ1) is 19.3. The van der Waals surface area contributed by atoms with E-state index in [9.17, 15) is 4.79 Å². The average Bonchev–Trinajstić information content (AvgIpc) is 2.61. The number of carboxylic acid groups (broad SMARTS) is 1. The average molecular weight is 322 g/mol. The number of hydrogen-bond acceptors (Lipinski definition) is 3. The Kier molecular flexibility index (Phi) is 9.92. The third-order valence-corrected chi connectivity index (χ3v) is 4.25. The molecule has 0 aliphatic heterocycles. The van der Waals surface area contributed by atoms with Gasteiger partial charge in [-0.1, -0.05) is 83.1 Å². The normalized spacial score (nSPS) is 17.0. The van der Waals surface area contributed by atoms with E-state index in [0.29, 0.717) is 0 Å². The Morgan fingerprint density at radius 1 is 0.696 bits per heavy atom. The van der Waals surface area contributed by atoms with Crippen molar-refractivity contribution in [2.75, 3.05) is 0 Å². The number of aromatic hydroxyl groups is 2. The van der Waals surface area contributed by atoms with Crippen LogP contribution in [0.3, 0.4) is 0 Å². The van der Waals surface area contributed by atoms with Crippen molar-refractivity contribution in [1.29, 1.82) is 0 Å². The van der Waals surface area contributed by atoms with Crippen LogP contribution in [0.1, 0.15) is 87.4 Å². The molecule has 0 saturated heterocycles. The lowest BCUT2D eigenvalue weighted by Crippen LogP contribution is -1.95. The first-order chi connectivity index (χ1) is 11.1. The summed E-state index contributed by atoms with van der Waals surface area (Å²) in [5, 5.41) is 26.2. The van der Waals surface area contributed by atoms with Crippen molar-refractivity contribution >= 4 is 5.97 Å². The summed E-state index contributed by atoms with van der Waals surface area (Å²) in [6.45, 7) is 0. The van der Waals surface area contributed by atoms with E-state index in [1.807, 2.05) is 0 Å². The van der Waals surface area contributed by atoms with Gasteiger partial charge in [-0.25, -0.2) is 4.79 Å². The number of carboxylic acids is 1. The number of hydrogen-bond donors (Lipinski definition) is 3. The summed E-state index contributed by atoms with van der Waals surface area (Å²) in [6, 6.07) is 3.76. The topological polar surface area (TPSA) is 77.8 Å². The predicted molar refractivity (Wildman–Crippen MR) is 92.1 cm³/mol. The molecule has 1 aromatic rings. The molecule has 3 N–H and O–H groups in total. The Morgan fingerprint density at radius 3 is 1.30 bits per heavy atom. The van der Waals surface area contributed by atoms with Crippen LogP contribution in [0.4, 0.5) is 0 Å². The van der Waals surface area contributed by atoms with Gasteiger partial charge < -0.3 is 15.3 Å². The largest absolute Gasteiger partial charge is 0.504 e. The van der Waals surface area contributed by atoms with E-state index in [4.69, 9.17) is 15.3 Å². The Hall–Kier alpha value is -1.71. The van der Waals surface area contributed by atoms with Crippen LogP contribution in [0.25, 0.3) is 0 Å². The molecule has 2 saturated carbocycles. The van der Waals surface area contributed by atoms with E-state index in [2.05, 4.69) is 0 Å². The van der Waals surface area contributed by atoms with E-state index in [1.165, 1.54) is 95.2 Å². The van der Waals surface area contributed by atoms with Gasteiger partial charge in [-0.15, -0.1) is 0 Å². The maximum atomic E-state index is 10.3. The molecule has 0 aromatic heterocycles. The molecule has 130 valence electrons. The van der Waals surface area contributed by atoms with E-state index in [-0.39, 0.29) is 5.56 Å². The number of aromatic carboxylic acids is 1. The van der Waals surface area contributed by atoms with Crippen LogP contribution in [0.15, 0.2) is 18.2 Å². The molecule has 4 nitrogen and oxygen atoms in total. The minimum atomic E-state index is -1.27. The lowest BCUT2D eigenvalue weighted by atomic mass is 10.0. The lowest BCUT2D eigenvalue weighted by molar-refractivity contribution is 0.0693. The summed E-state index contributed by atoms with van der Waals surface area (Å²) >= 11 is 0. The van der Waals surface area contributed by atoms with Crippen LogP contribution in [0.5, 0.6) is 11.5 Å². The second kappa shape index (κ2) is 11.8. The molecular formula is C19H30O4. The molecule has 3 rings (SSSR count). The van der Waals surface area contributed by atoms with E-state index in [0.717, 1.165) is 0 Å². The van der Waals surface area contributed by atoms with E-state index < -0.39 is 17.5 Å². The zero-order valence-electron chi connectivity index (χ0n) is 14.0. The van der Waals surface area contributed by atoms with Crippen molar-refractivity contribution in [3.05, 3.63) is 23.8 Å². The molecule has 2 aliphatic rings. The van der Waals surface area contributed by atoms with Crippen LogP contribution in [0.2, 0.25) is 0 Å². The van der Waals surface area contributed by atoms with Crippen LogP contribution >= 0.6 is 0 Å². The quantitative estimate of drug-likeness (QED) is 0.598. The van der Waals surface area contributed by atoms with Crippen LogP contribution in [0, 0.1) is 0 Å². The highest BCUT2D eigenvalue weighted by molar-refractivity contribution is 5.91. The van der Waals surface area contributed by atoms with Gasteiger partial charge in [0.2, 0.25) is 0 Å². The van der Waals surface area contributed by atoms with Crippen molar-refractivity contribution in [2.24, 2.45) is 0 Å². The number of para-hydroxylation sites is 1. The third kappa shape index (κ3) is 8.48. The summed E-state index contributed by atoms with van der Waals surface area (Å²) in [5.74, 6) is -2.29. The summed E-state index contributed by atoms with van der Waals surface area (Å²) in [6.07, 6.45) is 18.0. The molecular weight excluding hydrogens is 292 g/mol. The summed E-state index contributed by atoms with van der Waals surface area (Å²) in [5.41, 5.74) is -0.301. The molecule has 2 aliphatic carbocycles. The number of phenolic OH excluding ortho intramolecular Hbond substituents is 1. The van der Waals surface area contributed by atoms with Crippen molar-refractivity contribution in [3.8, 4) is 11.5 Å². The van der Waals surface area contributed by atoms with Gasteiger partial charge in [0.05, 0.1) is 0 Å². The van der Waals surface area contributed by atoms with E-state index in [1.54, 1.807) is 0 Å². The Morgan fingerprint density at radius 2 is 1.04 bits per heavy atom. The van der Waals surface area contributed by atoms with E-state index >= 15 is 0 Å². The zero-order chi connectivity index (χ0) is 16.9. The SMILES string of the molecule is C1CCCCC1.C1CCCCC1.O=C(O)c1cccc(O)c1O. The lowest BCUT2D eigenvalue weighted by Gasteiger charge is -2.05. The maximum Gasteiger partial charge on any atom is 0.339 e. The van der Waals surface area contributed by atoms with Gasteiger partial charge in [-0.3, -0.25) is 0 Å². The second-order valence-corrected chi connectivity index (χ2v) is 6.22. The van der Waals surface area contributed by atoms with Gasteiger partial charge in [0.15, 0.2) is 11.5 Å². The molecule has 1 aromatic carbocycles. The van der Waals surface area contributed by atoms with Gasteiger partial charge >= 0.3 is 5.97 Å². The summed E-state index contributed by atoms with van der Waals surface area (Å²) < 4.78 is 0. The highest BCUT2D eigenvalue weighted by Crippen LogP contribution is 2.27. The van der Waals surface area contributed by atoms with Crippen molar-refractivity contribution < 1.29 is 20.1 Å². The number of carbonyl (C=O) groups is 1. The Balaban J connectivity index is 0.000000187. The fourth-order valence-corrected chi connectivity index (χ4v) is 2.83. The standard InChI is InChI=1S/C7H6O4.2C6H12/c8-5-3-1-2-4(6(5)9)7(10)11;2*1-2-4-6-5-3-1/h1-3,8-9H,(H,10,11);2*1-6H2. The van der Waals surface area contributed by atoms with Crippen molar-refractivity contribution in [2.45, 2.75) is 77.0 Å². The molecule has 0 atom stereocenters. The molecule has 0 spiro atoms. The number of phenols is 2. The highest BCUT2D eigenvalue weighted by atomic mass is 16.4. The van der Waals surface area contributed by atoms with Crippen molar-refractivity contribution in [3.63, 3.8) is 0 Å². The fourth-order valence-electron chi connectivity index (χ4n) is 2.83. The maximum absolute atomic E-state index is 10.3. The first-order valence-corrected chi connectivity index (χ1v) is 8.87. The monoisotopic (exact) mass is 322 g/mol. The van der Waals surface area contributed by atoms with Crippen LogP contribution < -0.4 is 0 Å². The number of benzene rings is 1. The molecule has 0 unspecified atom stereocenters. The first-order valence-electron chi connectivity index (χ1n) is 8.87. The third-order valence-electron chi connectivity index (χ3n) is 4.25. The predicted octanol–water partition coefficient (Wildman–Crippen LogP) is 5.48. The molecule has 4 heteroatoms. The molecule has 0 bridgehead atoms. The van der Waals surface area contributed by atoms with Gasteiger partial charge in [-0.05, 0) is 12.1 Å². The molecule has 0 amide bonds. The number of rotatable bonds is 1. The molecule has 0 radical (unpaired) electrons.